The Bertz CT molecular complexity index is 299. The van der Waals surface area contributed by atoms with E-state index in [4.69, 9.17) is 16.7 Å². The Morgan fingerprint density at radius 3 is 2.20 bits per heavy atom. The van der Waals surface area contributed by atoms with Gasteiger partial charge in [0.15, 0.2) is 0 Å². The first-order valence-corrected chi connectivity index (χ1v) is 6.03. The first kappa shape index (κ1) is 11.0. The molecule has 0 radical (unpaired) electrons. The van der Waals surface area contributed by atoms with Crippen LogP contribution in [0.25, 0.3) is 0 Å². The Hall–Kier alpha value is -0.530. The molecular formula is C13H17ClO. The first-order valence-electron chi connectivity index (χ1n) is 5.66. The number of hydrogen-bond donors (Lipinski definition) is 1. The molecule has 2 heteroatoms. The second kappa shape index (κ2) is 5.00. The SMILES string of the molecule is OCC1CCC(c2ccc(Cl)cc2)CC1. The van der Waals surface area contributed by atoms with Gasteiger partial charge in [-0.2, -0.15) is 0 Å². The zero-order chi connectivity index (χ0) is 10.7. The number of halogens is 1. The lowest BCUT2D eigenvalue weighted by Crippen LogP contribution is -2.15. The quantitative estimate of drug-likeness (QED) is 0.814. The van der Waals surface area contributed by atoms with Crippen molar-refractivity contribution in [3.63, 3.8) is 0 Å². The van der Waals surface area contributed by atoms with Crippen molar-refractivity contribution < 1.29 is 5.11 Å². The average molecular weight is 225 g/mol. The van der Waals surface area contributed by atoms with Crippen molar-refractivity contribution in [3.05, 3.63) is 34.9 Å². The summed E-state index contributed by atoms with van der Waals surface area (Å²) in [4.78, 5) is 0. The van der Waals surface area contributed by atoms with Crippen molar-refractivity contribution in [1.82, 2.24) is 0 Å². The minimum absolute atomic E-state index is 0.355. The molecule has 0 bridgehead atoms. The number of benzene rings is 1. The summed E-state index contributed by atoms with van der Waals surface area (Å²) in [6.45, 7) is 0.355. The summed E-state index contributed by atoms with van der Waals surface area (Å²) >= 11 is 5.86. The Labute approximate surface area is 96.1 Å². The maximum absolute atomic E-state index is 9.07. The highest BCUT2D eigenvalue weighted by Gasteiger charge is 2.21. The van der Waals surface area contributed by atoms with E-state index >= 15 is 0 Å². The van der Waals surface area contributed by atoms with E-state index in [1.807, 2.05) is 12.1 Å². The molecule has 1 N–H and O–H groups in total. The van der Waals surface area contributed by atoms with Gasteiger partial charge in [0.25, 0.3) is 0 Å². The van der Waals surface area contributed by atoms with Gasteiger partial charge in [-0.25, -0.2) is 0 Å². The number of hydrogen-bond acceptors (Lipinski definition) is 1. The molecule has 1 nitrogen and oxygen atoms in total. The zero-order valence-corrected chi connectivity index (χ0v) is 9.58. The van der Waals surface area contributed by atoms with Crippen LogP contribution in [-0.4, -0.2) is 11.7 Å². The lowest BCUT2D eigenvalue weighted by molar-refractivity contribution is 0.182. The molecule has 0 saturated heterocycles. The van der Waals surface area contributed by atoms with Crippen molar-refractivity contribution in [2.24, 2.45) is 5.92 Å². The molecule has 0 spiro atoms. The van der Waals surface area contributed by atoms with Crippen molar-refractivity contribution in [2.45, 2.75) is 31.6 Å². The molecule has 1 aliphatic rings. The fraction of sp³-hybridized carbons (Fsp3) is 0.538. The molecule has 0 aliphatic heterocycles. The van der Waals surface area contributed by atoms with Crippen LogP contribution in [-0.2, 0) is 0 Å². The molecule has 1 aromatic rings. The maximum atomic E-state index is 9.07. The van der Waals surface area contributed by atoms with Gasteiger partial charge in [0.2, 0.25) is 0 Å². The van der Waals surface area contributed by atoms with Crippen LogP contribution in [0.1, 0.15) is 37.2 Å². The molecule has 1 aliphatic carbocycles. The van der Waals surface area contributed by atoms with E-state index in [9.17, 15) is 0 Å². The van der Waals surface area contributed by atoms with Gasteiger partial charge in [-0.1, -0.05) is 23.7 Å². The number of aliphatic hydroxyl groups excluding tert-OH is 1. The number of rotatable bonds is 2. The van der Waals surface area contributed by atoms with Crippen LogP contribution in [0.3, 0.4) is 0 Å². The van der Waals surface area contributed by atoms with Gasteiger partial charge in [0, 0.05) is 11.6 Å². The van der Waals surface area contributed by atoms with Gasteiger partial charge in [0.1, 0.15) is 0 Å². The minimum Gasteiger partial charge on any atom is -0.396 e. The van der Waals surface area contributed by atoms with E-state index < -0.39 is 0 Å². The molecule has 2 rings (SSSR count). The highest BCUT2D eigenvalue weighted by Crippen LogP contribution is 2.35. The maximum Gasteiger partial charge on any atom is 0.0459 e. The number of aliphatic hydroxyl groups is 1. The molecular weight excluding hydrogens is 208 g/mol. The molecule has 0 aromatic heterocycles. The Morgan fingerprint density at radius 2 is 1.67 bits per heavy atom. The molecule has 82 valence electrons. The monoisotopic (exact) mass is 224 g/mol. The third-order valence-electron chi connectivity index (χ3n) is 3.45. The third-order valence-corrected chi connectivity index (χ3v) is 3.70. The van der Waals surface area contributed by atoms with E-state index in [0.29, 0.717) is 18.4 Å². The van der Waals surface area contributed by atoms with Crippen molar-refractivity contribution in [3.8, 4) is 0 Å². The summed E-state index contributed by atoms with van der Waals surface area (Å²) < 4.78 is 0. The van der Waals surface area contributed by atoms with Crippen molar-refractivity contribution in [2.75, 3.05) is 6.61 Å². The van der Waals surface area contributed by atoms with E-state index in [1.165, 1.54) is 18.4 Å². The topological polar surface area (TPSA) is 20.2 Å². The molecule has 0 unspecified atom stereocenters. The standard InChI is InChI=1S/C13H17ClO/c14-13-7-5-12(6-8-13)11-3-1-10(9-15)2-4-11/h5-8,10-11,15H,1-4,9H2. The first-order chi connectivity index (χ1) is 7.29. The summed E-state index contributed by atoms with van der Waals surface area (Å²) in [7, 11) is 0. The smallest absolute Gasteiger partial charge is 0.0459 e. The van der Waals surface area contributed by atoms with Crippen LogP contribution in [0.15, 0.2) is 24.3 Å². The Balaban J connectivity index is 1.98. The van der Waals surface area contributed by atoms with Crippen LogP contribution in [0.4, 0.5) is 0 Å². The van der Waals surface area contributed by atoms with E-state index in [-0.39, 0.29) is 0 Å². The van der Waals surface area contributed by atoms with Crippen LogP contribution in [0.5, 0.6) is 0 Å². The summed E-state index contributed by atoms with van der Waals surface area (Å²) in [5, 5.41) is 9.87. The predicted octanol–water partition coefficient (Wildman–Crippen LogP) is 3.61. The second-order valence-corrected chi connectivity index (χ2v) is 4.89. The Morgan fingerprint density at radius 1 is 1.07 bits per heavy atom. The third kappa shape index (κ3) is 2.73. The lowest BCUT2D eigenvalue weighted by Gasteiger charge is -2.27. The summed E-state index contributed by atoms with van der Waals surface area (Å²) in [5.74, 6) is 1.21. The van der Waals surface area contributed by atoms with Crippen molar-refractivity contribution in [1.29, 1.82) is 0 Å². The van der Waals surface area contributed by atoms with E-state index in [2.05, 4.69) is 12.1 Å². The fourth-order valence-corrected chi connectivity index (χ4v) is 2.54. The molecule has 0 amide bonds. The highest BCUT2D eigenvalue weighted by molar-refractivity contribution is 6.30. The second-order valence-electron chi connectivity index (χ2n) is 4.45. The van der Waals surface area contributed by atoms with Crippen LogP contribution in [0.2, 0.25) is 5.02 Å². The molecule has 0 atom stereocenters. The average Bonchev–Trinajstić information content (AvgIpc) is 2.30. The summed E-state index contributed by atoms with van der Waals surface area (Å²) in [6.07, 6.45) is 4.72. The van der Waals surface area contributed by atoms with Gasteiger partial charge in [0.05, 0.1) is 0 Å². The van der Waals surface area contributed by atoms with E-state index in [1.54, 1.807) is 0 Å². The summed E-state index contributed by atoms with van der Waals surface area (Å²) in [5.41, 5.74) is 1.40. The van der Waals surface area contributed by atoms with Crippen molar-refractivity contribution >= 4 is 11.6 Å². The zero-order valence-electron chi connectivity index (χ0n) is 8.82. The molecule has 0 heterocycles. The minimum atomic E-state index is 0.355. The largest absolute Gasteiger partial charge is 0.396 e. The van der Waals surface area contributed by atoms with Gasteiger partial charge in [-0.05, 0) is 55.2 Å². The van der Waals surface area contributed by atoms with Gasteiger partial charge < -0.3 is 5.11 Å². The van der Waals surface area contributed by atoms with Crippen LogP contribution >= 0.6 is 11.6 Å². The molecule has 1 fully saturated rings. The Kier molecular flexibility index (Phi) is 3.66. The predicted molar refractivity (Wildman–Crippen MR) is 63.2 cm³/mol. The van der Waals surface area contributed by atoms with Crippen LogP contribution < -0.4 is 0 Å². The normalized spacial score (nSPS) is 26.5. The van der Waals surface area contributed by atoms with Gasteiger partial charge in [-0.15, -0.1) is 0 Å². The highest BCUT2D eigenvalue weighted by atomic mass is 35.5. The van der Waals surface area contributed by atoms with E-state index in [0.717, 1.165) is 17.9 Å². The van der Waals surface area contributed by atoms with Gasteiger partial charge >= 0.3 is 0 Å². The molecule has 1 aromatic carbocycles. The fourth-order valence-electron chi connectivity index (χ4n) is 2.41. The van der Waals surface area contributed by atoms with Gasteiger partial charge in [-0.3, -0.25) is 0 Å². The summed E-state index contributed by atoms with van der Waals surface area (Å²) in [6, 6.07) is 8.20. The molecule has 15 heavy (non-hydrogen) atoms. The molecule has 1 saturated carbocycles. The van der Waals surface area contributed by atoms with Crippen LogP contribution in [0, 0.1) is 5.92 Å². The lowest BCUT2D eigenvalue weighted by atomic mass is 9.79.